The molecular weight excluding hydrogens is 474 g/mol. The standard InChI is InChI=1S/C20H16Cl2F3N3O4/c1-7-13-15-19(14(7)26-18(31)27-17(19)30)5-9-4-8(12(29)16(21)22)2-3-10(9)28(15)6-11(32-13)20(23,24)25/h2-4,11,13,15-16H,5-6H2,1H3,(H2,26,27,30,31)/t11-,13-,15+,19-/m0/s1. The summed E-state index contributed by atoms with van der Waals surface area (Å²) >= 11 is 11.4. The first-order chi connectivity index (χ1) is 14.9. The Kier molecular flexibility index (Phi) is 4.61. The fourth-order valence-electron chi connectivity index (χ4n) is 5.36. The zero-order valence-electron chi connectivity index (χ0n) is 16.4. The highest BCUT2D eigenvalue weighted by molar-refractivity contribution is 6.55. The van der Waals surface area contributed by atoms with Gasteiger partial charge in [0.05, 0.1) is 12.6 Å². The number of alkyl halides is 5. The largest absolute Gasteiger partial charge is 0.416 e. The van der Waals surface area contributed by atoms with Gasteiger partial charge in [-0.2, -0.15) is 13.2 Å². The molecule has 0 saturated carbocycles. The number of benzene rings is 1. The number of ketones is 1. The quantitative estimate of drug-likeness (QED) is 0.492. The smallest absolute Gasteiger partial charge is 0.361 e. The summed E-state index contributed by atoms with van der Waals surface area (Å²) in [5.41, 5.74) is 0.327. The second-order valence-electron chi connectivity index (χ2n) is 8.31. The Morgan fingerprint density at radius 1 is 1.28 bits per heavy atom. The molecule has 170 valence electrons. The zero-order valence-corrected chi connectivity index (χ0v) is 17.9. The van der Waals surface area contributed by atoms with Crippen LogP contribution in [-0.4, -0.2) is 53.5 Å². The Morgan fingerprint density at radius 2 is 2.00 bits per heavy atom. The molecule has 4 aliphatic rings. The van der Waals surface area contributed by atoms with Crippen LogP contribution in [0.4, 0.5) is 23.7 Å². The number of fused-ring (bicyclic) bond motifs is 2. The average Bonchev–Trinajstić information content (AvgIpc) is 2.96. The van der Waals surface area contributed by atoms with Gasteiger partial charge in [0.2, 0.25) is 5.91 Å². The van der Waals surface area contributed by atoms with Crippen molar-refractivity contribution in [1.82, 2.24) is 10.6 Å². The summed E-state index contributed by atoms with van der Waals surface area (Å²) < 4.78 is 46.6. The number of nitrogens with one attached hydrogen (secondary N) is 2. The number of hydrogen-bond acceptors (Lipinski definition) is 5. The fourth-order valence-corrected chi connectivity index (χ4v) is 5.61. The Balaban J connectivity index is 1.71. The number of nitrogens with zero attached hydrogens (tertiary/aromatic N) is 1. The van der Waals surface area contributed by atoms with Crippen LogP contribution in [0.5, 0.6) is 0 Å². The normalized spacial score (nSPS) is 31.1. The van der Waals surface area contributed by atoms with Crippen LogP contribution in [0.2, 0.25) is 0 Å². The summed E-state index contributed by atoms with van der Waals surface area (Å²) in [5, 5.41) is 4.85. The van der Waals surface area contributed by atoms with Gasteiger partial charge in [-0.15, -0.1) is 0 Å². The minimum Gasteiger partial charge on any atom is -0.361 e. The predicted molar refractivity (Wildman–Crippen MR) is 108 cm³/mol. The summed E-state index contributed by atoms with van der Waals surface area (Å²) in [6.45, 7) is 1.02. The van der Waals surface area contributed by atoms with Gasteiger partial charge >= 0.3 is 12.2 Å². The van der Waals surface area contributed by atoms with Crippen LogP contribution in [0.3, 0.4) is 0 Å². The molecule has 32 heavy (non-hydrogen) atoms. The van der Waals surface area contributed by atoms with Crippen molar-refractivity contribution in [3.63, 3.8) is 0 Å². The van der Waals surface area contributed by atoms with E-state index in [1.165, 1.54) is 23.1 Å². The predicted octanol–water partition coefficient (Wildman–Crippen LogP) is 2.85. The van der Waals surface area contributed by atoms with Gasteiger partial charge in [-0.3, -0.25) is 14.9 Å². The molecule has 12 heteroatoms. The first-order valence-electron chi connectivity index (χ1n) is 9.73. The van der Waals surface area contributed by atoms with Crippen LogP contribution < -0.4 is 15.5 Å². The Bertz CT molecular complexity index is 1110. The van der Waals surface area contributed by atoms with Gasteiger partial charge in [0.25, 0.3) is 0 Å². The molecule has 0 bridgehead atoms. The van der Waals surface area contributed by atoms with Gasteiger partial charge in [-0.25, -0.2) is 4.79 Å². The molecule has 2 saturated heterocycles. The number of anilines is 1. The molecule has 3 amide bonds. The maximum absolute atomic E-state index is 13.7. The highest BCUT2D eigenvalue weighted by Crippen LogP contribution is 2.56. The van der Waals surface area contributed by atoms with Crippen LogP contribution in [-0.2, 0) is 16.0 Å². The Morgan fingerprint density at radius 3 is 2.66 bits per heavy atom. The van der Waals surface area contributed by atoms with E-state index in [4.69, 9.17) is 27.9 Å². The molecule has 2 fully saturated rings. The fraction of sp³-hybridized carbons (Fsp3) is 0.450. The molecule has 3 heterocycles. The van der Waals surface area contributed by atoms with Crippen LogP contribution in [0, 0.1) is 5.41 Å². The summed E-state index contributed by atoms with van der Waals surface area (Å²) in [6.07, 6.45) is -7.74. The van der Waals surface area contributed by atoms with Crippen molar-refractivity contribution in [3.8, 4) is 0 Å². The van der Waals surface area contributed by atoms with E-state index in [0.717, 1.165) is 0 Å². The molecule has 1 aliphatic carbocycles. The summed E-state index contributed by atoms with van der Waals surface area (Å²) in [4.78, 5) is 37.7. The van der Waals surface area contributed by atoms with Gasteiger partial charge in [-0.05, 0) is 42.7 Å². The molecular formula is C20H16Cl2F3N3O4. The first-order valence-corrected chi connectivity index (χ1v) is 10.6. The molecule has 0 aromatic heterocycles. The molecule has 0 radical (unpaired) electrons. The number of amides is 3. The molecule has 1 spiro atoms. The number of halogens is 5. The maximum Gasteiger partial charge on any atom is 0.416 e. The SMILES string of the molecule is CC1=C2NC(=O)NC(=O)[C@@]23Cc2cc(C(=O)C(Cl)Cl)ccc2N2C[C@@H](C(F)(F)F)O[C@@H]1[C@@H]23. The topological polar surface area (TPSA) is 87.7 Å². The average molecular weight is 490 g/mol. The number of carbonyl (C=O) groups is 3. The van der Waals surface area contributed by atoms with E-state index in [9.17, 15) is 27.6 Å². The van der Waals surface area contributed by atoms with Crippen molar-refractivity contribution in [2.24, 2.45) is 5.41 Å². The van der Waals surface area contributed by atoms with Gasteiger partial charge in [0.1, 0.15) is 11.5 Å². The van der Waals surface area contributed by atoms with Crippen molar-refractivity contribution in [2.75, 3.05) is 11.4 Å². The van der Waals surface area contributed by atoms with Crippen molar-refractivity contribution < 1.29 is 32.3 Å². The van der Waals surface area contributed by atoms with Gasteiger partial charge in [0.15, 0.2) is 16.7 Å². The highest BCUT2D eigenvalue weighted by atomic mass is 35.5. The first kappa shape index (κ1) is 21.5. The Hall–Kier alpha value is -2.30. The third-order valence-electron chi connectivity index (χ3n) is 6.64. The lowest BCUT2D eigenvalue weighted by molar-refractivity contribution is -0.237. The molecule has 4 atom stereocenters. The number of morpholine rings is 1. The van der Waals surface area contributed by atoms with E-state index in [2.05, 4.69) is 10.6 Å². The van der Waals surface area contributed by atoms with E-state index < -0.39 is 58.9 Å². The third kappa shape index (κ3) is 2.82. The number of imide groups is 1. The summed E-state index contributed by atoms with van der Waals surface area (Å²) in [6, 6.07) is 2.92. The minimum absolute atomic E-state index is 0.0508. The van der Waals surface area contributed by atoms with Crippen molar-refractivity contribution in [1.29, 1.82) is 0 Å². The van der Waals surface area contributed by atoms with E-state index in [-0.39, 0.29) is 17.7 Å². The molecule has 1 aromatic rings. The lowest BCUT2D eigenvalue weighted by atomic mass is 9.69. The number of rotatable bonds is 2. The molecule has 0 unspecified atom stereocenters. The van der Waals surface area contributed by atoms with Crippen LogP contribution in [0.1, 0.15) is 22.8 Å². The van der Waals surface area contributed by atoms with Crippen molar-refractivity contribution >= 4 is 46.6 Å². The van der Waals surface area contributed by atoms with Gasteiger partial charge in [-0.1, -0.05) is 23.2 Å². The monoisotopic (exact) mass is 489 g/mol. The molecule has 2 N–H and O–H groups in total. The van der Waals surface area contributed by atoms with Crippen LogP contribution in [0.15, 0.2) is 29.5 Å². The van der Waals surface area contributed by atoms with Crippen LogP contribution >= 0.6 is 23.2 Å². The van der Waals surface area contributed by atoms with E-state index >= 15 is 0 Å². The van der Waals surface area contributed by atoms with E-state index in [0.29, 0.717) is 16.8 Å². The van der Waals surface area contributed by atoms with Gasteiger partial charge in [0, 0.05) is 16.9 Å². The number of hydrogen-bond donors (Lipinski definition) is 2. The molecule has 3 aliphatic heterocycles. The molecule has 5 rings (SSSR count). The summed E-state index contributed by atoms with van der Waals surface area (Å²) in [5.74, 6) is -1.19. The zero-order chi connectivity index (χ0) is 23.2. The Labute approximate surface area is 189 Å². The second-order valence-corrected chi connectivity index (χ2v) is 9.40. The lowest BCUT2D eigenvalue weighted by Crippen LogP contribution is -2.70. The number of urea groups is 1. The second kappa shape index (κ2) is 6.85. The third-order valence-corrected chi connectivity index (χ3v) is 7.04. The highest BCUT2D eigenvalue weighted by Gasteiger charge is 2.67. The van der Waals surface area contributed by atoms with Gasteiger partial charge < -0.3 is 15.0 Å². The van der Waals surface area contributed by atoms with E-state index in [1.54, 1.807) is 6.92 Å². The van der Waals surface area contributed by atoms with Crippen molar-refractivity contribution in [2.45, 2.75) is 42.6 Å². The minimum atomic E-state index is -4.64. The van der Waals surface area contributed by atoms with Crippen molar-refractivity contribution in [3.05, 3.63) is 40.6 Å². The number of Topliss-reactive ketones (excluding diaryl/α,β-unsaturated/α-hetero) is 1. The number of ether oxygens (including phenoxy) is 1. The van der Waals surface area contributed by atoms with Crippen LogP contribution in [0.25, 0.3) is 0 Å². The maximum atomic E-state index is 13.7. The molecule has 1 aromatic carbocycles. The summed E-state index contributed by atoms with van der Waals surface area (Å²) in [7, 11) is 0. The number of carbonyl (C=O) groups excluding carboxylic acids is 3. The lowest BCUT2D eigenvalue weighted by Gasteiger charge is -2.54. The molecule has 7 nitrogen and oxygen atoms in total. The van der Waals surface area contributed by atoms with E-state index in [1.807, 2.05) is 0 Å².